The van der Waals surface area contributed by atoms with E-state index < -0.39 is 21.2 Å². The highest BCUT2D eigenvalue weighted by Gasteiger charge is 2.24. The van der Waals surface area contributed by atoms with Gasteiger partial charge >= 0.3 is 0 Å². The van der Waals surface area contributed by atoms with Crippen molar-refractivity contribution in [3.8, 4) is 0 Å². The summed E-state index contributed by atoms with van der Waals surface area (Å²) in [5, 5.41) is 24.5. The van der Waals surface area contributed by atoms with E-state index in [4.69, 9.17) is 0 Å². The van der Waals surface area contributed by atoms with Gasteiger partial charge in [0, 0.05) is 6.07 Å². The van der Waals surface area contributed by atoms with Gasteiger partial charge in [0.25, 0.3) is 11.4 Å². The smallest absolute Gasteiger partial charge is 0.299 e. The van der Waals surface area contributed by atoms with Gasteiger partial charge in [-0.2, -0.15) is 0 Å². The van der Waals surface area contributed by atoms with E-state index in [0.717, 1.165) is 44.5 Å². The lowest BCUT2D eigenvalue weighted by molar-refractivity contribution is -0.393. The van der Waals surface area contributed by atoms with Crippen molar-refractivity contribution < 1.29 is 14.6 Å². The van der Waals surface area contributed by atoms with E-state index >= 15 is 0 Å². The van der Waals surface area contributed by atoms with Gasteiger partial charge in [-0.15, -0.1) is 0 Å². The number of hydrogen-bond donors (Lipinski definition) is 1. The van der Waals surface area contributed by atoms with E-state index in [-0.39, 0.29) is 18.1 Å². The van der Waals surface area contributed by atoms with Gasteiger partial charge in [-0.3, -0.25) is 29.9 Å². The number of amides is 1. The summed E-state index contributed by atoms with van der Waals surface area (Å²) in [5.74, 6) is 0.205. The molecule has 0 radical (unpaired) electrons. The Hall–Kier alpha value is -3.33. The Balaban J connectivity index is 1.53. The van der Waals surface area contributed by atoms with Crippen LogP contribution in [-0.4, -0.2) is 40.3 Å². The monoisotopic (exact) mass is 398 g/mol. The number of piperidine rings is 1. The zero-order valence-electron chi connectivity index (χ0n) is 15.8. The predicted molar refractivity (Wildman–Crippen MR) is 108 cm³/mol. The second-order valence-electron chi connectivity index (χ2n) is 7.17. The molecule has 0 spiro atoms. The van der Waals surface area contributed by atoms with Crippen molar-refractivity contribution >= 4 is 23.0 Å². The molecule has 2 aromatic carbocycles. The zero-order chi connectivity index (χ0) is 20.8. The fourth-order valence-corrected chi connectivity index (χ4v) is 3.58. The van der Waals surface area contributed by atoms with Crippen LogP contribution in [0.15, 0.2) is 48.5 Å². The third-order valence-electron chi connectivity index (χ3n) is 5.10. The van der Waals surface area contributed by atoms with Gasteiger partial charge in [-0.25, -0.2) is 0 Å². The molecule has 1 aliphatic heterocycles. The minimum Gasteiger partial charge on any atom is -0.319 e. The Bertz CT molecular complexity index is 895. The molecule has 9 heteroatoms. The van der Waals surface area contributed by atoms with Gasteiger partial charge in [0.15, 0.2) is 0 Å². The first kappa shape index (κ1) is 20.4. The number of carbonyl (C=O) groups is 1. The maximum atomic E-state index is 12.3. The standard InChI is InChI=1S/C20H22N4O5/c25-20(21-18-7-6-17(23(26)27)13-19(18)24(28)29)14-22-10-8-16(9-11-22)12-15-4-2-1-3-5-15/h1-7,13,16H,8-12,14H2,(H,21,25). The molecule has 1 N–H and O–H groups in total. The Morgan fingerprint density at radius 2 is 1.72 bits per heavy atom. The first-order chi connectivity index (χ1) is 13.9. The molecule has 29 heavy (non-hydrogen) atoms. The molecule has 1 saturated heterocycles. The molecule has 1 amide bonds. The molecular formula is C20H22N4O5. The van der Waals surface area contributed by atoms with Crippen LogP contribution in [0.2, 0.25) is 0 Å². The highest BCUT2D eigenvalue weighted by Crippen LogP contribution is 2.29. The largest absolute Gasteiger partial charge is 0.319 e. The Morgan fingerprint density at radius 1 is 1.03 bits per heavy atom. The first-order valence-electron chi connectivity index (χ1n) is 9.41. The van der Waals surface area contributed by atoms with E-state index in [1.165, 1.54) is 11.6 Å². The fraction of sp³-hybridized carbons (Fsp3) is 0.350. The van der Waals surface area contributed by atoms with Crippen molar-refractivity contribution in [1.29, 1.82) is 0 Å². The van der Waals surface area contributed by atoms with Crippen LogP contribution in [0.3, 0.4) is 0 Å². The Labute approximate surface area is 167 Å². The van der Waals surface area contributed by atoms with Crippen molar-refractivity contribution in [2.45, 2.75) is 19.3 Å². The fourth-order valence-electron chi connectivity index (χ4n) is 3.58. The second kappa shape index (κ2) is 9.24. The number of nitrogens with zero attached hydrogens (tertiary/aromatic N) is 3. The van der Waals surface area contributed by atoms with Crippen molar-refractivity contribution in [3.63, 3.8) is 0 Å². The first-order valence-corrected chi connectivity index (χ1v) is 9.41. The molecule has 0 atom stereocenters. The summed E-state index contributed by atoms with van der Waals surface area (Å²) in [5.41, 5.74) is 0.392. The highest BCUT2D eigenvalue weighted by atomic mass is 16.6. The summed E-state index contributed by atoms with van der Waals surface area (Å²) in [6.45, 7) is 1.70. The predicted octanol–water partition coefficient (Wildman–Crippen LogP) is 3.40. The molecule has 1 aliphatic rings. The molecule has 152 valence electrons. The molecule has 1 heterocycles. The number of benzene rings is 2. The Kier molecular flexibility index (Phi) is 6.50. The topological polar surface area (TPSA) is 119 Å². The lowest BCUT2D eigenvalue weighted by Gasteiger charge is -2.31. The van der Waals surface area contributed by atoms with Gasteiger partial charge in [0.2, 0.25) is 5.91 Å². The highest BCUT2D eigenvalue weighted by molar-refractivity contribution is 5.94. The van der Waals surface area contributed by atoms with Crippen molar-refractivity contribution in [2.75, 3.05) is 25.0 Å². The van der Waals surface area contributed by atoms with Gasteiger partial charge in [-0.05, 0) is 49.9 Å². The maximum Gasteiger partial charge on any atom is 0.299 e. The molecule has 9 nitrogen and oxygen atoms in total. The third kappa shape index (κ3) is 5.58. The molecule has 0 bridgehead atoms. The number of nitro groups is 2. The van der Waals surface area contributed by atoms with Crippen LogP contribution < -0.4 is 5.32 Å². The lowest BCUT2D eigenvalue weighted by atomic mass is 9.90. The van der Waals surface area contributed by atoms with E-state index in [2.05, 4.69) is 17.4 Å². The summed E-state index contributed by atoms with van der Waals surface area (Å²) in [6, 6.07) is 13.5. The summed E-state index contributed by atoms with van der Waals surface area (Å²) in [6.07, 6.45) is 3.00. The van der Waals surface area contributed by atoms with Crippen molar-refractivity contribution in [2.24, 2.45) is 5.92 Å². The maximum absolute atomic E-state index is 12.3. The summed E-state index contributed by atoms with van der Waals surface area (Å²) < 4.78 is 0. The average Bonchev–Trinajstić information content (AvgIpc) is 2.70. The van der Waals surface area contributed by atoms with Gasteiger partial charge < -0.3 is 5.32 Å². The van der Waals surface area contributed by atoms with Gasteiger partial charge in [0.05, 0.1) is 22.5 Å². The Morgan fingerprint density at radius 3 is 2.34 bits per heavy atom. The zero-order valence-corrected chi connectivity index (χ0v) is 15.8. The molecule has 3 rings (SSSR count). The summed E-state index contributed by atoms with van der Waals surface area (Å²) in [7, 11) is 0. The number of nitro benzene ring substituents is 2. The van der Waals surface area contributed by atoms with E-state index in [0.29, 0.717) is 5.92 Å². The minimum atomic E-state index is -0.738. The second-order valence-corrected chi connectivity index (χ2v) is 7.17. The van der Waals surface area contributed by atoms with Gasteiger partial charge in [0.1, 0.15) is 5.69 Å². The van der Waals surface area contributed by atoms with E-state index in [1.54, 1.807) is 0 Å². The van der Waals surface area contributed by atoms with E-state index in [1.807, 2.05) is 23.1 Å². The number of nitrogens with one attached hydrogen (secondary N) is 1. The number of anilines is 1. The van der Waals surface area contributed by atoms with Crippen LogP contribution in [0.1, 0.15) is 18.4 Å². The molecule has 2 aromatic rings. The molecule has 0 unspecified atom stereocenters. The van der Waals surface area contributed by atoms with Crippen LogP contribution in [0.4, 0.5) is 17.1 Å². The SMILES string of the molecule is O=C(CN1CCC(Cc2ccccc2)CC1)Nc1ccc([N+](=O)[O-])cc1[N+](=O)[O-]. The van der Waals surface area contributed by atoms with Crippen LogP contribution in [0, 0.1) is 26.1 Å². The van der Waals surface area contributed by atoms with Crippen LogP contribution in [-0.2, 0) is 11.2 Å². The van der Waals surface area contributed by atoms with Crippen molar-refractivity contribution in [3.05, 3.63) is 74.3 Å². The minimum absolute atomic E-state index is 0.0374. The van der Waals surface area contributed by atoms with E-state index in [9.17, 15) is 25.0 Å². The summed E-state index contributed by atoms with van der Waals surface area (Å²) in [4.78, 5) is 34.9. The number of carbonyl (C=O) groups excluding carboxylic acids is 1. The van der Waals surface area contributed by atoms with Crippen LogP contribution >= 0.6 is 0 Å². The summed E-state index contributed by atoms with van der Waals surface area (Å²) >= 11 is 0. The molecule has 0 saturated carbocycles. The quantitative estimate of drug-likeness (QED) is 0.564. The lowest BCUT2D eigenvalue weighted by Crippen LogP contribution is -2.39. The average molecular weight is 398 g/mol. The third-order valence-corrected chi connectivity index (χ3v) is 5.10. The number of rotatable bonds is 7. The number of likely N-dealkylation sites (tertiary alicyclic amines) is 1. The molecule has 0 aromatic heterocycles. The number of hydrogen-bond acceptors (Lipinski definition) is 6. The molecular weight excluding hydrogens is 376 g/mol. The van der Waals surface area contributed by atoms with Gasteiger partial charge in [-0.1, -0.05) is 30.3 Å². The van der Waals surface area contributed by atoms with Crippen LogP contribution in [0.25, 0.3) is 0 Å². The van der Waals surface area contributed by atoms with Crippen molar-refractivity contribution in [1.82, 2.24) is 4.90 Å². The molecule has 0 aliphatic carbocycles. The normalized spacial score (nSPS) is 15.0. The number of non-ortho nitro benzene ring substituents is 1. The van der Waals surface area contributed by atoms with Crippen LogP contribution in [0.5, 0.6) is 0 Å². The molecule has 1 fully saturated rings.